The second-order valence-electron chi connectivity index (χ2n) is 3.12. The van der Waals surface area contributed by atoms with Crippen LogP contribution in [0.2, 0.25) is 0 Å². The van der Waals surface area contributed by atoms with E-state index in [1.54, 1.807) is 0 Å². The molecule has 1 rings (SSSR count). The zero-order valence-corrected chi connectivity index (χ0v) is 8.49. The first kappa shape index (κ1) is 9.46. The highest BCUT2D eigenvalue weighted by atomic mass is 32.1. The summed E-state index contributed by atoms with van der Waals surface area (Å²) in [5, 5.41) is 0. The highest BCUT2D eigenvalue weighted by Crippen LogP contribution is 2.18. The quantitative estimate of drug-likeness (QED) is 0.531. The molecule has 1 aromatic carbocycles. The molecule has 1 nitrogen and oxygen atoms in total. The fourth-order valence-corrected chi connectivity index (χ4v) is 1.60. The number of rotatable bonds is 2. The van der Waals surface area contributed by atoms with Crippen molar-refractivity contribution in [2.45, 2.75) is 20.3 Å². The SMILES string of the molecule is Cc1cc(CCS)cc(C)c1N. The van der Waals surface area contributed by atoms with Gasteiger partial charge in [-0.15, -0.1) is 0 Å². The van der Waals surface area contributed by atoms with Crippen LogP contribution in [0.4, 0.5) is 5.69 Å². The van der Waals surface area contributed by atoms with E-state index in [1.165, 1.54) is 16.7 Å². The van der Waals surface area contributed by atoms with Gasteiger partial charge in [-0.1, -0.05) is 12.1 Å². The molecule has 12 heavy (non-hydrogen) atoms. The van der Waals surface area contributed by atoms with Crippen LogP contribution >= 0.6 is 12.6 Å². The molecule has 0 aliphatic rings. The molecular weight excluding hydrogens is 166 g/mol. The van der Waals surface area contributed by atoms with Crippen molar-refractivity contribution in [2.75, 3.05) is 11.5 Å². The maximum atomic E-state index is 5.83. The van der Waals surface area contributed by atoms with Gasteiger partial charge in [-0.25, -0.2) is 0 Å². The van der Waals surface area contributed by atoms with Crippen LogP contribution < -0.4 is 5.73 Å². The molecular formula is C10H15NS. The minimum atomic E-state index is 0.892. The van der Waals surface area contributed by atoms with Crippen molar-refractivity contribution < 1.29 is 0 Å². The molecule has 0 saturated heterocycles. The standard InChI is InChI=1S/C10H15NS/c1-7-5-9(3-4-12)6-8(2)10(7)11/h5-6,12H,3-4,11H2,1-2H3. The Morgan fingerprint density at radius 1 is 1.25 bits per heavy atom. The van der Waals surface area contributed by atoms with Gasteiger partial charge in [-0.3, -0.25) is 0 Å². The lowest BCUT2D eigenvalue weighted by Gasteiger charge is -2.07. The van der Waals surface area contributed by atoms with Crippen molar-refractivity contribution in [3.63, 3.8) is 0 Å². The smallest absolute Gasteiger partial charge is 0.0373 e. The van der Waals surface area contributed by atoms with Crippen molar-refractivity contribution in [3.05, 3.63) is 28.8 Å². The van der Waals surface area contributed by atoms with Gasteiger partial charge in [0.15, 0.2) is 0 Å². The first-order valence-electron chi connectivity index (χ1n) is 4.11. The summed E-state index contributed by atoms with van der Waals surface area (Å²) in [5.41, 5.74) is 10.4. The van der Waals surface area contributed by atoms with E-state index in [9.17, 15) is 0 Å². The van der Waals surface area contributed by atoms with Crippen LogP contribution in [0.25, 0.3) is 0 Å². The van der Waals surface area contributed by atoms with Crippen LogP contribution in [0.1, 0.15) is 16.7 Å². The molecule has 0 aliphatic carbocycles. The molecule has 0 amide bonds. The Balaban J connectivity index is 3.04. The highest BCUT2D eigenvalue weighted by Gasteiger charge is 2.00. The van der Waals surface area contributed by atoms with Crippen LogP contribution in [0, 0.1) is 13.8 Å². The molecule has 0 radical (unpaired) electrons. The third kappa shape index (κ3) is 1.95. The molecule has 0 fully saturated rings. The van der Waals surface area contributed by atoms with Gasteiger partial charge in [0, 0.05) is 5.69 Å². The van der Waals surface area contributed by atoms with E-state index in [4.69, 9.17) is 5.73 Å². The van der Waals surface area contributed by atoms with Gasteiger partial charge in [0.05, 0.1) is 0 Å². The van der Waals surface area contributed by atoms with Gasteiger partial charge in [0.2, 0.25) is 0 Å². The molecule has 0 heterocycles. The summed E-state index contributed by atoms with van der Waals surface area (Å²) in [6.45, 7) is 4.09. The molecule has 0 saturated carbocycles. The van der Waals surface area contributed by atoms with Gasteiger partial charge >= 0.3 is 0 Å². The molecule has 2 N–H and O–H groups in total. The van der Waals surface area contributed by atoms with Gasteiger partial charge < -0.3 is 5.73 Å². The second-order valence-corrected chi connectivity index (χ2v) is 3.56. The molecule has 0 unspecified atom stereocenters. The van der Waals surface area contributed by atoms with E-state index in [1.807, 2.05) is 13.8 Å². The first-order valence-corrected chi connectivity index (χ1v) is 4.75. The molecule has 0 aromatic heterocycles. The number of aryl methyl sites for hydroxylation is 3. The number of hydrogen-bond donors (Lipinski definition) is 2. The Morgan fingerprint density at radius 3 is 2.17 bits per heavy atom. The van der Waals surface area contributed by atoms with Crippen LogP contribution in [0.5, 0.6) is 0 Å². The Labute approximate surface area is 79.4 Å². The molecule has 0 bridgehead atoms. The number of nitrogen functional groups attached to an aromatic ring is 1. The van der Waals surface area contributed by atoms with E-state index in [0.717, 1.165) is 17.9 Å². The number of thiol groups is 1. The van der Waals surface area contributed by atoms with Gasteiger partial charge in [-0.05, 0) is 42.7 Å². The summed E-state index contributed by atoms with van der Waals surface area (Å²) >= 11 is 4.20. The summed E-state index contributed by atoms with van der Waals surface area (Å²) in [6.07, 6.45) is 1.02. The fourth-order valence-electron chi connectivity index (χ4n) is 1.34. The minimum Gasteiger partial charge on any atom is -0.398 e. The lowest BCUT2D eigenvalue weighted by Crippen LogP contribution is -1.96. The molecule has 0 atom stereocenters. The van der Waals surface area contributed by atoms with Crippen molar-refractivity contribution >= 4 is 18.3 Å². The fraction of sp³-hybridized carbons (Fsp3) is 0.400. The van der Waals surface area contributed by atoms with Crippen molar-refractivity contribution in [1.29, 1.82) is 0 Å². The number of benzene rings is 1. The van der Waals surface area contributed by atoms with Crippen LogP contribution in [0.3, 0.4) is 0 Å². The van der Waals surface area contributed by atoms with Crippen LogP contribution in [-0.2, 0) is 6.42 Å². The zero-order valence-electron chi connectivity index (χ0n) is 7.59. The molecule has 0 spiro atoms. The summed E-state index contributed by atoms with van der Waals surface area (Å²) in [6, 6.07) is 4.27. The predicted molar refractivity (Wildman–Crippen MR) is 57.9 cm³/mol. The van der Waals surface area contributed by atoms with Crippen LogP contribution in [0.15, 0.2) is 12.1 Å². The lowest BCUT2D eigenvalue weighted by atomic mass is 10.0. The third-order valence-electron chi connectivity index (χ3n) is 2.05. The molecule has 1 aromatic rings. The Kier molecular flexibility index (Phi) is 3.04. The summed E-state index contributed by atoms with van der Waals surface area (Å²) < 4.78 is 0. The van der Waals surface area contributed by atoms with Crippen molar-refractivity contribution in [3.8, 4) is 0 Å². The Bertz CT molecular complexity index is 258. The average Bonchev–Trinajstić information content (AvgIpc) is 2.01. The zero-order chi connectivity index (χ0) is 9.14. The van der Waals surface area contributed by atoms with E-state index in [-0.39, 0.29) is 0 Å². The third-order valence-corrected chi connectivity index (χ3v) is 2.28. The highest BCUT2D eigenvalue weighted by molar-refractivity contribution is 7.80. The topological polar surface area (TPSA) is 26.0 Å². The maximum absolute atomic E-state index is 5.83. The number of nitrogens with two attached hydrogens (primary N) is 1. The van der Waals surface area contributed by atoms with E-state index in [0.29, 0.717) is 0 Å². The number of hydrogen-bond acceptors (Lipinski definition) is 2. The predicted octanol–water partition coefficient (Wildman–Crippen LogP) is 2.36. The molecule has 2 heteroatoms. The van der Waals surface area contributed by atoms with Gasteiger partial charge in [-0.2, -0.15) is 12.6 Å². The van der Waals surface area contributed by atoms with Gasteiger partial charge in [0.25, 0.3) is 0 Å². The van der Waals surface area contributed by atoms with E-state index in [2.05, 4.69) is 24.8 Å². The Hall–Kier alpha value is -0.630. The van der Waals surface area contributed by atoms with Crippen LogP contribution in [-0.4, -0.2) is 5.75 Å². The van der Waals surface area contributed by atoms with Crippen molar-refractivity contribution in [1.82, 2.24) is 0 Å². The normalized spacial score (nSPS) is 10.2. The number of anilines is 1. The van der Waals surface area contributed by atoms with Gasteiger partial charge in [0.1, 0.15) is 0 Å². The average molecular weight is 181 g/mol. The summed E-state index contributed by atoms with van der Waals surface area (Å²) in [5.74, 6) is 0.892. The lowest BCUT2D eigenvalue weighted by molar-refractivity contribution is 1.14. The summed E-state index contributed by atoms with van der Waals surface area (Å²) in [4.78, 5) is 0. The monoisotopic (exact) mass is 181 g/mol. The van der Waals surface area contributed by atoms with E-state index >= 15 is 0 Å². The second kappa shape index (κ2) is 3.85. The van der Waals surface area contributed by atoms with Crippen molar-refractivity contribution in [2.24, 2.45) is 0 Å². The first-order chi connectivity index (χ1) is 5.65. The molecule has 0 aliphatic heterocycles. The maximum Gasteiger partial charge on any atom is 0.0373 e. The molecule has 66 valence electrons. The largest absolute Gasteiger partial charge is 0.398 e. The minimum absolute atomic E-state index is 0.892. The van der Waals surface area contributed by atoms with E-state index < -0.39 is 0 Å². The Morgan fingerprint density at radius 2 is 1.75 bits per heavy atom. The summed E-state index contributed by atoms with van der Waals surface area (Å²) in [7, 11) is 0.